The molecule has 0 radical (unpaired) electrons. The summed E-state index contributed by atoms with van der Waals surface area (Å²) in [4.78, 5) is 15.1. The fourth-order valence-corrected chi connectivity index (χ4v) is 9.20. The van der Waals surface area contributed by atoms with Crippen LogP contribution in [0.4, 0.5) is 0 Å². The van der Waals surface area contributed by atoms with Gasteiger partial charge in [-0.25, -0.2) is 15.0 Å². The van der Waals surface area contributed by atoms with Crippen molar-refractivity contribution in [1.82, 2.24) is 19.5 Å². The highest BCUT2D eigenvalue weighted by molar-refractivity contribution is 7.27. The molecule has 0 saturated carbocycles. The second-order valence-electron chi connectivity index (χ2n) is 13.2. The van der Waals surface area contributed by atoms with Crippen LogP contribution in [0.3, 0.4) is 0 Å². The zero-order valence-corrected chi connectivity index (χ0v) is 28.7. The van der Waals surface area contributed by atoms with Crippen LogP contribution in [0.25, 0.3) is 103 Å². The number of fused-ring (bicyclic) bond motifs is 11. The largest absolute Gasteiger partial charge is 0.309 e. The molecule has 11 rings (SSSR count). The lowest BCUT2D eigenvalue weighted by Gasteiger charge is -2.13. The molecule has 0 bridgehead atoms. The third kappa shape index (κ3) is 4.36. The maximum absolute atomic E-state index is 5.29. The van der Waals surface area contributed by atoms with Crippen LogP contribution in [-0.2, 0) is 0 Å². The van der Waals surface area contributed by atoms with Crippen molar-refractivity contribution in [2.24, 2.45) is 0 Å². The Bertz CT molecular complexity index is 3190. The number of hydrogen-bond donors (Lipinski definition) is 0. The monoisotopic (exact) mass is 680 g/mol. The van der Waals surface area contributed by atoms with Gasteiger partial charge in [0.1, 0.15) is 0 Å². The summed E-state index contributed by atoms with van der Waals surface area (Å²) in [7, 11) is 0. The predicted octanol–water partition coefficient (Wildman–Crippen LogP) is 12.6. The van der Waals surface area contributed by atoms with Gasteiger partial charge in [-0.15, -0.1) is 11.3 Å². The minimum Gasteiger partial charge on any atom is -0.309 e. The van der Waals surface area contributed by atoms with Crippen molar-refractivity contribution in [3.63, 3.8) is 0 Å². The molecule has 0 fully saturated rings. The SMILES string of the molecule is c1ccc(-c2cccc(-c3nc(-c4cccc(-n5c6ccccc6c6c7ccccc7c7sc8ccccc8c7c65)c4)nc4ncccc34)c2)cc1. The molecule has 4 nitrogen and oxygen atoms in total. The van der Waals surface area contributed by atoms with Crippen molar-refractivity contribution in [3.05, 3.63) is 170 Å². The molecule has 0 aliphatic heterocycles. The first-order valence-electron chi connectivity index (χ1n) is 17.4. The standard InChI is InChI=1S/C47H28N4S/c1-2-13-29(14-3-1)30-15-10-16-31(27-30)43-38-23-12-26-48-47(38)50-46(49-43)32-17-11-18-33(28-32)51-39-24-8-6-21-36(39)41-34-19-4-5-20-35(34)45-42(44(41)51)37-22-7-9-25-40(37)52-45/h1-28H. The molecule has 0 N–H and O–H groups in total. The first-order chi connectivity index (χ1) is 25.8. The first kappa shape index (κ1) is 29.1. The fourth-order valence-electron chi connectivity index (χ4n) is 7.96. The van der Waals surface area contributed by atoms with Crippen LogP contribution in [-0.4, -0.2) is 19.5 Å². The Morgan fingerprint density at radius 1 is 0.462 bits per heavy atom. The van der Waals surface area contributed by atoms with Crippen LogP contribution in [0.5, 0.6) is 0 Å². The molecule has 0 saturated heterocycles. The number of para-hydroxylation sites is 1. The Morgan fingerprint density at radius 2 is 1.15 bits per heavy atom. The van der Waals surface area contributed by atoms with E-state index < -0.39 is 0 Å². The van der Waals surface area contributed by atoms with Gasteiger partial charge in [0, 0.05) is 64.7 Å². The van der Waals surface area contributed by atoms with E-state index in [-0.39, 0.29) is 0 Å². The Kier molecular flexibility index (Phi) is 6.39. The molecule has 4 heterocycles. The highest BCUT2D eigenvalue weighted by atomic mass is 32.1. The first-order valence-corrected chi connectivity index (χ1v) is 18.3. The lowest BCUT2D eigenvalue weighted by atomic mass is 10.00. The van der Waals surface area contributed by atoms with Gasteiger partial charge in [-0.05, 0) is 59.0 Å². The Morgan fingerprint density at radius 3 is 2.06 bits per heavy atom. The van der Waals surface area contributed by atoms with E-state index in [2.05, 4.69) is 156 Å². The number of aromatic nitrogens is 4. The van der Waals surface area contributed by atoms with Gasteiger partial charge in [0.15, 0.2) is 11.5 Å². The molecule has 0 atom stereocenters. The van der Waals surface area contributed by atoms with Gasteiger partial charge >= 0.3 is 0 Å². The van der Waals surface area contributed by atoms with E-state index in [1.165, 1.54) is 58.3 Å². The summed E-state index contributed by atoms with van der Waals surface area (Å²) in [6.45, 7) is 0. The summed E-state index contributed by atoms with van der Waals surface area (Å²) in [6, 6.07) is 58.2. The van der Waals surface area contributed by atoms with Gasteiger partial charge in [0.25, 0.3) is 0 Å². The van der Waals surface area contributed by atoms with Crippen LogP contribution in [0.15, 0.2) is 170 Å². The van der Waals surface area contributed by atoms with Gasteiger partial charge < -0.3 is 4.57 Å². The van der Waals surface area contributed by atoms with E-state index in [4.69, 9.17) is 15.0 Å². The van der Waals surface area contributed by atoms with Crippen LogP contribution < -0.4 is 0 Å². The normalized spacial score (nSPS) is 11.8. The van der Waals surface area contributed by atoms with E-state index in [1.807, 2.05) is 23.5 Å². The van der Waals surface area contributed by atoms with Gasteiger partial charge in [0.05, 0.1) is 16.7 Å². The number of nitrogens with zero attached hydrogens (tertiary/aromatic N) is 4. The molecule has 5 heteroatoms. The zero-order valence-electron chi connectivity index (χ0n) is 27.9. The molecule has 242 valence electrons. The molecule has 52 heavy (non-hydrogen) atoms. The number of hydrogen-bond acceptors (Lipinski definition) is 4. The Hall–Kier alpha value is -6.69. The van der Waals surface area contributed by atoms with E-state index in [9.17, 15) is 0 Å². The number of rotatable bonds is 4. The van der Waals surface area contributed by atoms with Crippen LogP contribution in [0.2, 0.25) is 0 Å². The van der Waals surface area contributed by atoms with Gasteiger partial charge in [-0.2, -0.15) is 0 Å². The highest BCUT2D eigenvalue weighted by Crippen LogP contribution is 2.48. The number of thiophene rings is 1. The lowest BCUT2D eigenvalue weighted by Crippen LogP contribution is -1.99. The molecular weight excluding hydrogens is 653 g/mol. The summed E-state index contributed by atoms with van der Waals surface area (Å²) in [5.41, 5.74) is 9.27. The maximum atomic E-state index is 5.29. The molecule has 4 aromatic heterocycles. The second-order valence-corrected chi connectivity index (χ2v) is 14.2. The van der Waals surface area contributed by atoms with Gasteiger partial charge in [-0.1, -0.05) is 121 Å². The Labute approximate surface area is 302 Å². The van der Waals surface area contributed by atoms with Crippen LogP contribution in [0.1, 0.15) is 0 Å². The van der Waals surface area contributed by atoms with Gasteiger partial charge in [-0.3, -0.25) is 0 Å². The second kappa shape index (κ2) is 11.4. The molecule has 0 aliphatic carbocycles. The average molecular weight is 681 g/mol. The fraction of sp³-hybridized carbons (Fsp3) is 0. The highest BCUT2D eigenvalue weighted by Gasteiger charge is 2.22. The van der Waals surface area contributed by atoms with Crippen molar-refractivity contribution in [1.29, 1.82) is 0 Å². The molecule has 0 amide bonds. The van der Waals surface area contributed by atoms with Crippen LogP contribution >= 0.6 is 11.3 Å². The lowest BCUT2D eigenvalue weighted by molar-refractivity contribution is 1.16. The molecule has 0 unspecified atom stereocenters. The number of pyridine rings is 1. The number of benzene rings is 7. The van der Waals surface area contributed by atoms with Crippen molar-refractivity contribution < 1.29 is 0 Å². The molecule has 11 aromatic rings. The molecule has 0 aliphatic rings. The smallest absolute Gasteiger partial charge is 0.163 e. The summed E-state index contributed by atoms with van der Waals surface area (Å²) in [6.07, 6.45) is 1.80. The van der Waals surface area contributed by atoms with E-state index >= 15 is 0 Å². The van der Waals surface area contributed by atoms with Crippen molar-refractivity contribution in [2.45, 2.75) is 0 Å². The summed E-state index contributed by atoms with van der Waals surface area (Å²) >= 11 is 1.88. The minimum absolute atomic E-state index is 0.644. The maximum Gasteiger partial charge on any atom is 0.163 e. The minimum atomic E-state index is 0.644. The van der Waals surface area contributed by atoms with Crippen molar-refractivity contribution in [2.75, 3.05) is 0 Å². The average Bonchev–Trinajstić information content (AvgIpc) is 3.78. The molecule has 7 aromatic carbocycles. The van der Waals surface area contributed by atoms with E-state index in [1.54, 1.807) is 6.20 Å². The third-order valence-electron chi connectivity index (χ3n) is 10.2. The van der Waals surface area contributed by atoms with E-state index in [0.29, 0.717) is 11.5 Å². The summed E-state index contributed by atoms with van der Waals surface area (Å²) < 4.78 is 5.06. The summed E-state index contributed by atoms with van der Waals surface area (Å²) in [5.74, 6) is 0.644. The van der Waals surface area contributed by atoms with Gasteiger partial charge in [0.2, 0.25) is 0 Å². The zero-order chi connectivity index (χ0) is 34.2. The molecular formula is C47H28N4S. The van der Waals surface area contributed by atoms with Crippen molar-refractivity contribution in [3.8, 4) is 39.5 Å². The Balaban J connectivity index is 1.18. The van der Waals surface area contributed by atoms with Crippen molar-refractivity contribution >= 4 is 75.1 Å². The van der Waals surface area contributed by atoms with Crippen LogP contribution in [0, 0.1) is 0 Å². The molecule has 0 spiro atoms. The quantitative estimate of drug-likeness (QED) is 0.186. The summed E-state index contributed by atoms with van der Waals surface area (Å²) in [5, 5.41) is 8.58. The predicted molar refractivity (Wildman–Crippen MR) is 218 cm³/mol. The topological polar surface area (TPSA) is 43.6 Å². The van der Waals surface area contributed by atoms with E-state index in [0.717, 1.165) is 33.5 Å². The third-order valence-corrected chi connectivity index (χ3v) is 11.4.